The third kappa shape index (κ3) is 2.94. The Labute approximate surface area is 135 Å². The average molecular weight is 337 g/mol. The van der Waals surface area contributed by atoms with Gasteiger partial charge in [-0.25, -0.2) is 8.42 Å². The van der Waals surface area contributed by atoms with E-state index in [9.17, 15) is 8.42 Å². The summed E-state index contributed by atoms with van der Waals surface area (Å²) in [6, 6.07) is 8.34. The molecule has 0 spiro atoms. The molecule has 2 aromatic rings. The van der Waals surface area contributed by atoms with Gasteiger partial charge in [0, 0.05) is 25.1 Å². The first-order valence-corrected chi connectivity index (χ1v) is 8.76. The van der Waals surface area contributed by atoms with E-state index in [0.29, 0.717) is 24.6 Å². The molecule has 23 heavy (non-hydrogen) atoms. The van der Waals surface area contributed by atoms with Crippen LogP contribution in [0, 0.1) is 0 Å². The Kier molecular flexibility index (Phi) is 4.32. The van der Waals surface area contributed by atoms with Crippen LogP contribution in [0.4, 0.5) is 0 Å². The Bertz CT molecular complexity index is 770. The molecule has 0 saturated carbocycles. The second-order valence-corrected chi connectivity index (χ2v) is 7.32. The molecule has 0 bridgehead atoms. The minimum absolute atomic E-state index is 0.0971. The maximum Gasteiger partial charge on any atom is 0.243 e. The second kappa shape index (κ2) is 6.25. The molecule has 2 heterocycles. The molecule has 1 aliphatic heterocycles. The van der Waals surface area contributed by atoms with Gasteiger partial charge >= 0.3 is 0 Å². The highest BCUT2D eigenvalue weighted by molar-refractivity contribution is 7.89. The van der Waals surface area contributed by atoms with Crippen molar-refractivity contribution in [2.75, 3.05) is 27.3 Å². The molecule has 0 amide bonds. The van der Waals surface area contributed by atoms with Crippen molar-refractivity contribution >= 4 is 10.0 Å². The lowest BCUT2D eigenvalue weighted by Gasteiger charge is -2.17. The quantitative estimate of drug-likeness (QED) is 0.838. The molecule has 1 aromatic carbocycles. The van der Waals surface area contributed by atoms with E-state index in [4.69, 9.17) is 13.9 Å². The molecule has 3 rings (SSSR count). The zero-order valence-electron chi connectivity index (χ0n) is 13.1. The van der Waals surface area contributed by atoms with Crippen molar-refractivity contribution in [3.05, 3.63) is 42.4 Å². The van der Waals surface area contributed by atoms with Gasteiger partial charge in [-0.05, 0) is 30.7 Å². The van der Waals surface area contributed by atoms with Crippen molar-refractivity contribution in [3.63, 3.8) is 0 Å². The highest BCUT2D eigenvalue weighted by Crippen LogP contribution is 2.34. The summed E-state index contributed by atoms with van der Waals surface area (Å²) in [4.78, 5) is 0.204. The smallest absolute Gasteiger partial charge is 0.243 e. The fraction of sp³-hybridized carbons (Fsp3) is 0.375. The Balaban J connectivity index is 1.85. The molecule has 0 N–H and O–H groups in total. The van der Waals surface area contributed by atoms with Crippen LogP contribution < -0.4 is 9.47 Å². The van der Waals surface area contributed by atoms with E-state index in [2.05, 4.69) is 0 Å². The highest BCUT2D eigenvalue weighted by atomic mass is 32.2. The molecule has 1 aromatic heterocycles. The first-order chi connectivity index (χ1) is 11.1. The van der Waals surface area contributed by atoms with Crippen LogP contribution in [0.1, 0.15) is 18.1 Å². The minimum Gasteiger partial charge on any atom is -0.493 e. The van der Waals surface area contributed by atoms with Crippen molar-refractivity contribution in [1.82, 2.24) is 4.31 Å². The lowest BCUT2D eigenvalue weighted by atomic mass is 10.1. The van der Waals surface area contributed by atoms with Crippen molar-refractivity contribution in [1.29, 1.82) is 0 Å². The van der Waals surface area contributed by atoms with E-state index in [1.807, 2.05) is 12.1 Å². The zero-order chi connectivity index (χ0) is 16.4. The highest BCUT2D eigenvalue weighted by Gasteiger charge is 2.34. The maximum atomic E-state index is 12.8. The number of ether oxygens (including phenoxy) is 2. The van der Waals surface area contributed by atoms with Gasteiger partial charge < -0.3 is 13.9 Å². The molecular weight excluding hydrogens is 318 g/mol. The van der Waals surface area contributed by atoms with E-state index in [-0.39, 0.29) is 10.8 Å². The van der Waals surface area contributed by atoms with Crippen molar-refractivity contribution in [2.24, 2.45) is 0 Å². The van der Waals surface area contributed by atoms with Crippen LogP contribution in [-0.2, 0) is 10.0 Å². The Morgan fingerprint density at radius 1 is 1.17 bits per heavy atom. The van der Waals surface area contributed by atoms with E-state index < -0.39 is 10.0 Å². The van der Waals surface area contributed by atoms with Crippen molar-refractivity contribution in [3.8, 4) is 11.5 Å². The van der Waals surface area contributed by atoms with Crippen molar-refractivity contribution < 1.29 is 22.3 Å². The molecule has 1 aliphatic rings. The van der Waals surface area contributed by atoms with Crippen LogP contribution in [0.25, 0.3) is 0 Å². The van der Waals surface area contributed by atoms with Crippen LogP contribution in [0.15, 0.2) is 45.9 Å². The molecule has 1 unspecified atom stereocenters. The third-order valence-corrected chi connectivity index (χ3v) is 5.95. The summed E-state index contributed by atoms with van der Waals surface area (Å²) in [5, 5.41) is 0. The molecule has 124 valence electrons. The number of methoxy groups -OCH3 is 2. The van der Waals surface area contributed by atoms with Gasteiger partial charge in [0.15, 0.2) is 11.5 Å². The van der Waals surface area contributed by atoms with Gasteiger partial charge in [0.05, 0.1) is 25.4 Å². The van der Waals surface area contributed by atoms with Gasteiger partial charge in [-0.2, -0.15) is 4.31 Å². The largest absolute Gasteiger partial charge is 0.493 e. The van der Waals surface area contributed by atoms with E-state index in [0.717, 1.165) is 12.2 Å². The number of nitrogens with zero attached hydrogens (tertiary/aromatic N) is 1. The van der Waals surface area contributed by atoms with E-state index in [1.54, 1.807) is 12.3 Å². The first-order valence-electron chi connectivity index (χ1n) is 7.32. The number of sulfonamides is 1. The van der Waals surface area contributed by atoms with Crippen LogP contribution >= 0.6 is 0 Å². The van der Waals surface area contributed by atoms with Crippen LogP contribution in [0.3, 0.4) is 0 Å². The van der Waals surface area contributed by atoms with Gasteiger partial charge in [0.1, 0.15) is 5.76 Å². The number of furan rings is 1. The first kappa shape index (κ1) is 15.9. The standard InChI is InChI=1S/C16H19NO5S/c1-20-15-6-5-13(10-16(15)21-2)23(18,19)17-8-7-12(11-17)14-4-3-9-22-14/h3-6,9-10,12H,7-8,11H2,1-2H3. The summed E-state index contributed by atoms with van der Waals surface area (Å²) >= 11 is 0. The van der Waals surface area contributed by atoms with Crippen LogP contribution in [0.2, 0.25) is 0 Å². The summed E-state index contributed by atoms with van der Waals surface area (Å²) in [5.41, 5.74) is 0. The number of hydrogen-bond acceptors (Lipinski definition) is 5. The SMILES string of the molecule is COc1ccc(S(=O)(=O)N2CCC(c3ccco3)C2)cc1OC. The summed E-state index contributed by atoms with van der Waals surface area (Å²) in [7, 11) is -0.567. The number of rotatable bonds is 5. The van der Waals surface area contributed by atoms with Crippen molar-refractivity contribution in [2.45, 2.75) is 17.2 Å². The topological polar surface area (TPSA) is 69.0 Å². The minimum atomic E-state index is -3.56. The van der Waals surface area contributed by atoms with Crippen LogP contribution in [-0.4, -0.2) is 40.0 Å². The lowest BCUT2D eigenvalue weighted by Crippen LogP contribution is -2.28. The Hall–Kier alpha value is -1.99. The van der Waals surface area contributed by atoms with Gasteiger partial charge in [-0.15, -0.1) is 0 Å². The number of benzene rings is 1. The fourth-order valence-corrected chi connectivity index (χ4v) is 4.34. The summed E-state index contributed by atoms with van der Waals surface area (Å²) in [6.45, 7) is 0.895. The molecule has 6 nitrogen and oxygen atoms in total. The fourth-order valence-electron chi connectivity index (χ4n) is 2.83. The van der Waals surface area contributed by atoms with Gasteiger partial charge in [0.25, 0.3) is 0 Å². The lowest BCUT2D eigenvalue weighted by molar-refractivity contribution is 0.353. The predicted octanol–water partition coefficient (Wildman–Crippen LogP) is 2.48. The Morgan fingerprint density at radius 3 is 2.61 bits per heavy atom. The Morgan fingerprint density at radius 2 is 1.96 bits per heavy atom. The summed E-state index contributed by atoms with van der Waals surface area (Å²) < 4.78 is 42.9. The van der Waals surface area contributed by atoms with E-state index >= 15 is 0 Å². The summed E-state index contributed by atoms with van der Waals surface area (Å²) in [5.74, 6) is 1.83. The molecular formula is C16H19NO5S. The predicted molar refractivity (Wildman–Crippen MR) is 84.4 cm³/mol. The van der Waals surface area contributed by atoms with Gasteiger partial charge in [-0.3, -0.25) is 0 Å². The maximum absolute atomic E-state index is 12.8. The number of hydrogen-bond donors (Lipinski definition) is 0. The molecule has 1 saturated heterocycles. The normalized spacial score (nSPS) is 19.0. The van der Waals surface area contributed by atoms with Gasteiger partial charge in [-0.1, -0.05) is 0 Å². The third-order valence-electron chi connectivity index (χ3n) is 4.09. The second-order valence-electron chi connectivity index (χ2n) is 5.38. The zero-order valence-corrected chi connectivity index (χ0v) is 13.9. The van der Waals surface area contributed by atoms with Gasteiger partial charge in [0.2, 0.25) is 10.0 Å². The van der Waals surface area contributed by atoms with Crippen LogP contribution in [0.5, 0.6) is 11.5 Å². The van der Waals surface area contributed by atoms with E-state index in [1.165, 1.54) is 30.7 Å². The molecule has 0 radical (unpaired) electrons. The average Bonchev–Trinajstić information content (AvgIpc) is 3.24. The molecule has 1 atom stereocenters. The summed E-state index contributed by atoms with van der Waals surface area (Å²) in [6.07, 6.45) is 2.36. The monoisotopic (exact) mass is 337 g/mol. The molecule has 1 fully saturated rings. The molecule has 0 aliphatic carbocycles. The molecule has 7 heteroatoms.